The number of unbranched alkanes of at least 4 members (excludes halogenated alkanes) is 3. The zero-order chi connectivity index (χ0) is 11.5. The van der Waals surface area contributed by atoms with Gasteiger partial charge in [-0.15, -0.1) is 11.6 Å². The van der Waals surface area contributed by atoms with Crippen LogP contribution >= 0.6 is 11.6 Å². The van der Waals surface area contributed by atoms with E-state index >= 15 is 0 Å². The molecule has 0 aromatic rings. The average Bonchev–Trinajstić information content (AvgIpc) is 2.34. The molecule has 0 radical (unpaired) electrons. The molecule has 0 bridgehead atoms. The fraction of sp³-hybridized carbons (Fsp3) is 0.846. The molecule has 1 fully saturated rings. The molecular weight excluding hydrogens is 224 g/mol. The Morgan fingerprint density at radius 3 is 2.88 bits per heavy atom. The second kappa shape index (κ2) is 10.1. The predicted octanol–water partition coefficient (Wildman–Crippen LogP) is 3.89. The molecular formula is C13H23ClO2. The van der Waals surface area contributed by atoms with Gasteiger partial charge in [0.05, 0.1) is 6.61 Å². The van der Waals surface area contributed by atoms with Gasteiger partial charge in [-0.3, -0.25) is 0 Å². The fourth-order valence-electron chi connectivity index (χ4n) is 1.72. The number of halogens is 1. The SMILES string of the molecule is ClCCCCCC=CCOC1CCCCO1. The minimum Gasteiger partial charge on any atom is -0.353 e. The summed E-state index contributed by atoms with van der Waals surface area (Å²) in [4.78, 5) is 0. The van der Waals surface area contributed by atoms with E-state index in [0.717, 1.165) is 31.7 Å². The van der Waals surface area contributed by atoms with Gasteiger partial charge in [0, 0.05) is 12.5 Å². The summed E-state index contributed by atoms with van der Waals surface area (Å²) in [7, 11) is 0. The van der Waals surface area contributed by atoms with Gasteiger partial charge in [0.15, 0.2) is 6.29 Å². The smallest absolute Gasteiger partial charge is 0.157 e. The number of hydrogen-bond donors (Lipinski definition) is 0. The van der Waals surface area contributed by atoms with Crippen LogP contribution in [0.4, 0.5) is 0 Å². The van der Waals surface area contributed by atoms with E-state index in [-0.39, 0.29) is 6.29 Å². The summed E-state index contributed by atoms with van der Waals surface area (Å²) in [5.41, 5.74) is 0. The number of ether oxygens (including phenoxy) is 2. The predicted molar refractivity (Wildman–Crippen MR) is 67.9 cm³/mol. The quantitative estimate of drug-likeness (QED) is 0.368. The zero-order valence-corrected chi connectivity index (χ0v) is 10.8. The molecule has 16 heavy (non-hydrogen) atoms. The van der Waals surface area contributed by atoms with Gasteiger partial charge in [0.25, 0.3) is 0 Å². The molecule has 1 aliphatic heterocycles. The molecule has 0 aliphatic carbocycles. The van der Waals surface area contributed by atoms with Gasteiger partial charge >= 0.3 is 0 Å². The van der Waals surface area contributed by atoms with Crippen LogP contribution in [0.15, 0.2) is 12.2 Å². The van der Waals surface area contributed by atoms with Crippen molar-refractivity contribution in [1.29, 1.82) is 0 Å². The van der Waals surface area contributed by atoms with Crippen molar-refractivity contribution < 1.29 is 9.47 Å². The Morgan fingerprint density at radius 1 is 1.19 bits per heavy atom. The normalized spacial score (nSPS) is 21.7. The molecule has 1 rings (SSSR count). The fourth-order valence-corrected chi connectivity index (χ4v) is 1.91. The molecule has 1 atom stereocenters. The van der Waals surface area contributed by atoms with Crippen molar-refractivity contribution in [2.45, 2.75) is 51.2 Å². The largest absolute Gasteiger partial charge is 0.353 e. The highest BCUT2D eigenvalue weighted by atomic mass is 35.5. The van der Waals surface area contributed by atoms with Crippen molar-refractivity contribution in [2.24, 2.45) is 0 Å². The Kier molecular flexibility index (Phi) is 8.87. The monoisotopic (exact) mass is 246 g/mol. The maximum absolute atomic E-state index is 5.60. The van der Waals surface area contributed by atoms with Gasteiger partial charge in [-0.1, -0.05) is 18.6 Å². The van der Waals surface area contributed by atoms with Crippen LogP contribution in [-0.4, -0.2) is 25.4 Å². The summed E-state index contributed by atoms with van der Waals surface area (Å²) in [5.74, 6) is 0.784. The summed E-state index contributed by atoms with van der Waals surface area (Å²) in [6.45, 7) is 1.53. The molecule has 3 heteroatoms. The van der Waals surface area contributed by atoms with Gasteiger partial charge in [0.1, 0.15) is 0 Å². The maximum Gasteiger partial charge on any atom is 0.157 e. The topological polar surface area (TPSA) is 18.5 Å². The van der Waals surface area contributed by atoms with Crippen LogP contribution < -0.4 is 0 Å². The Bertz CT molecular complexity index is 177. The van der Waals surface area contributed by atoms with Crippen molar-refractivity contribution >= 4 is 11.6 Å². The highest BCUT2D eigenvalue weighted by Gasteiger charge is 2.12. The summed E-state index contributed by atoms with van der Waals surface area (Å²) in [6, 6.07) is 0. The molecule has 94 valence electrons. The molecule has 2 nitrogen and oxygen atoms in total. The Labute approximate surface area is 104 Å². The molecule has 0 amide bonds. The molecule has 0 spiro atoms. The summed E-state index contributed by atoms with van der Waals surface area (Å²) < 4.78 is 11.0. The molecule has 1 unspecified atom stereocenters. The van der Waals surface area contributed by atoms with Gasteiger partial charge < -0.3 is 9.47 Å². The van der Waals surface area contributed by atoms with Gasteiger partial charge in [-0.05, 0) is 38.5 Å². The molecule has 0 aromatic carbocycles. The van der Waals surface area contributed by atoms with Crippen LogP contribution in [0.3, 0.4) is 0 Å². The van der Waals surface area contributed by atoms with E-state index in [0.29, 0.717) is 6.61 Å². The average molecular weight is 247 g/mol. The highest BCUT2D eigenvalue weighted by molar-refractivity contribution is 6.17. The Morgan fingerprint density at radius 2 is 2.12 bits per heavy atom. The first kappa shape index (κ1) is 14.0. The lowest BCUT2D eigenvalue weighted by atomic mass is 10.2. The van der Waals surface area contributed by atoms with E-state index in [1.165, 1.54) is 25.7 Å². The number of hydrogen-bond acceptors (Lipinski definition) is 2. The van der Waals surface area contributed by atoms with E-state index < -0.39 is 0 Å². The minimum absolute atomic E-state index is 0.0367. The Balaban J connectivity index is 1.87. The van der Waals surface area contributed by atoms with E-state index in [1.54, 1.807) is 0 Å². The number of allylic oxidation sites excluding steroid dienone is 1. The van der Waals surface area contributed by atoms with Crippen LogP contribution in [0.5, 0.6) is 0 Å². The van der Waals surface area contributed by atoms with E-state index in [4.69, 9.17) is 21.1 Å². The van der Waals surface area contributed by atoms with E-state index in [1.807, 2.05) is 0 Å². The molecule has 1 saturated heterocycles. The molecule has 0 aromatic heterocycles. The molecule has 0 saturated carbocycles. The second-order valence-corrected chi connectivity index (χ2v) is 4.52. The number of alkyl halides is 1. The van der Waals surface area contributed by atoms with Gasteiger partial charge in [0.2, 0.25) is 0 Å². The van der Waals surface area contributed by atoms with Crippen LogP contribution in [-0.2, 0) is 9.47 Å². The first-order valence-corrected chi connectivity index (χ1v) is 6.91. The van der Waals surface area contributed by atoms with Crippen LogP contribution in [0.2, 0.25) is 0 Å². The summed E-state index contributed by atoms with van der Waals surface area (Å²) >= 11 is 5.60. The third-order valence-electron chi connectivity index (χ3n) is 2.69. The molecule has 1 heterocycles. The van der Waals surface area contributed by atoms with Crippen molar-refractivity contribution in [3.05, 3.63) is 12.2 Å². The van der Waals surface area contributed by atoms with Crippen LogP contribution in [0.1, 0.15) is 44.9 Å². The lowest BCUT2D eigenvalue weighted by Gasteiger charge is -2.21. The first-order chi connectivity index (χ1) is 7.93. The minimum atomic E-state index is 0.0367. The molecule has 1 aliphatic rings. The van der Waals surface area contributed by atoms with Crippen LogP contribution in [0.25, 0.3) is 0 Å². The van der Waals surface area contributed by atoms with Crippen LogP contribution in [0, 0.1) is 0 Å². The summed E-state index contributed by atoms with van der Waals surface area (Å²) in [6.07, 6.45) is 12.5. The maximum atomic E-state index is 5.60. The highest BCUT2D eigenvalue weighted by Crippen LogP contribution is 2.13. The standard InChI is InChI=1S/C13H23ClO2/c14-10-6-3-1-2-4-7-11-15-13-9-5-8-12-16-13/h4,7,13H,1-3,5-6,8-12H2. The molecule has 0 N–H and O–H groups in total. The van der Waals surface area contributed by atoms with Gasteiger partial charge in [-0.2, -0.15) is 0 Å². The van der Waals surface area contributed by atoms with Gasteiger partial charge in [-0.25, -0.2) is 0 Å². The van der Waals surface area contributed by atoms with E-state index in [2.05, 4.69) is 12.2 Å². The Hall–Kier alpha value is -0.0500. The zero-order valence-electron chi connectivity index (χ0n) is 10.00. The number of rotatable bonds is 8. The van der Waals surface area contributed by atoms with Crippen molar-refractivity contribution in [1.82, 2.24) is 0 Å². The first-order valence-electron chi connectivity index (χ1n) is 6.37. The lowest BCUT2D eigenvalue weighted by Crippen LogP contribution is -2.22. The van der Waals surface area contributed by atoms with Crippen molar-refractivity contribution in [3.8, 4) is 0 Å². The summed E-state index contributed by atoms with van der Waals surface area (Å²) in [5, 5.41) is 0. The van der Waals surface area contributed by atoms with Crippen molar-refractivity contribution in [3.63, 3.8) is 0 Å². The third kappa shape index (κ3) is 7.26. The van der Waals surface area contributed by atoms with Crippen molar-refractivity contribution in [2.75, 3.05) is 19.1 Å². The third-order valence-corrected chi connectivity index (χ3v) is 2.95. The second-order valence-electron chi connectivity index (χ2n) is 4.14. The van der Waals surface area contributed by atoms with E-state index in [9.17, 15) is 0 Å². The lowest BCUT2D eigenvalue weighted by molar-refractivity contribution is -0.155.